The molecule has 1 unspecified atom stereocenters. The number of aliphatic hydroxyl groups is 1. The van der Waals surface area contributed by atoms with Crippen LogP contribution in [0.15, 0.2) is 18.2 Å². The molecule has 1 aromatic carbocycles. The Morgan fingerprint density at radius 3 is 3.10 bits per heavy atom. The second-order valence-corrected chi connectivity index (χ2v) is 5.77. The van der Waals surface area contributed by atoms with Gasteiger partial charge in [0, 0.05) is 12.2 Å². The molecule has 3 rings (SSSR count). The number of carbonyl (C=O) groups is 1. The summed E-state index contributed by atoms with van der Waals surface area (Å²) < 4.78 is 5.32. The van der Waals surface area contributed by atoms with Crippen LogP contribution < -0.4 is 5.32 Å². The monoisotopic (exact) mass is 290 g/mol. The van der Waals surface area contributed by atoms with Gasteiger partial charge in [0.1, 0.15) is 0 Å². The highest BCUT2D eigenvalue weighted by atomic mass is 16.5. The summed E-state index contributed by atoms with van der Waals surface area (Å²) >= 11 is 0. The van der Waals surface area contributed by atoms with Crippen molar-refractivity contribution >= 4 is 11.6 Å². The van der Waals surface area contributed by atoms with Gasteiger partial charge in [0.25, 0.3) is 0 Å². The Hall–Kier alpha value is -1.43. The number of nitrogens with one attached hydrogen (secondary N) is 1. The van der Waals surface area contributed by atoms with E-state index in [9.17, 15) is 9.90 Å². The molecule has 114 valence electrons. The third kappa shape index (κ3) is 3.43. The number of hydrogen-bond acceptors (Lipinski definition) is 4. The van der Waals surface area contributed by atoms with Crippen molar-refractivity contribution in [3.63, 3.8) is 0 Å². The fraction of sp³-hybridized carbons (Fsp3) is 0.562. The van der Waals surface area contributed by atoms with Crippen LogP contribution in [-0.4, -0.2) is 54.9 Å². The van der Waals surface area contributed by atoms with Crippen LogP contribution in [-0.2, 0) is 22.4 Å². The Bertz CT molecular complexity index is 518. The van der Waals surface area contributed by atoms with Crippen LogP contribution in [0, 0.1) is 0 Å². The summed E-state index contributed by atoms with van der Waals surface area (Å²) in [6.07, 6.45) is 3.46. The van der Waals surface area contributed by atoms with Crippen LogP contribution in [0.5, 0.6) is 0 Å². The predicted molar refractivity (Wildman–Crippen MR) is 80.4 cm³/mol. The normalized spacial score (nSPS) is 22.0. The molecule has 1 aromatic rings. The number of fused-ring (bicyclic) bond motifs is 1. The summed E-state index contributed by atoms with van der Waals surface area (Å²) in [6, 6.07) is 6.10. The second kappa shape index (κ2) is 6.56. The Balaban J connectivity index is 1.58. The largest absolute Gasteiger partial charge is 0.395 e. The number of ether oxygens (including phenoxy) is 1. The van der Waals surface area contributed by atoms with E-state index in [0.717, 1.165) is 18.5 Å². The van der Waals surface area contributed by atoms with Crippen LogP contribution in [0.3, 0.4) is 0 Å². The molecule has 0 aromatic heterocycles. The number of anilines is 1. The highest BCUT2D eigenvalue weighted by Gasteiger charge is 2.24. The average Bonchev–Trinajstić information content (AvgIpc) is 2.95. The number of benzene rings is 1. The predicted octanol–water partition coefficient (Wildman–Crippen LogP) is 0.807. The minimum atomic E-state index is -0.0791. The van der Waals surface area contributed by atoms with Gasteiger partial charge >= 0.3 is 0 Å². The molecule has 0 radical (unpaired) electrons. The highest BCUT2D eigenvalue weighted by molar-refractivity contribution is 5.92. The molecule has 1 aliphatic heterocycles. The second-order valence-electron chi connectivity index (χ2n) is 5.77. The Morgan fingerprint density at radius 1 is 1.38 bits per heavy atom. The summed E-state index contributed by atoms with van der Waals surface area (Å²) in [7, 11) is 0. The van der Waals surface area contributed by atoms with Crippen molar-refractivity contribution in [3.05, 3.63) is 29.3 Å². The molecule has 21 heavy (non-hydrogen) atoms. The average molecular weight is 290 g/mol. The third-order valence-electron chi connectivity index (χ3n) is 4.29. The Morgan fingerprint density at radius 2 is 2.24 bits per heavy atom. The number of aliphatic hydroxyl groups excluding tert-OH is 1. The number of carbonyl (C=O) groups excluding carboxylic acids is 1. The van der Waals surface area contributed by atoms with Crippen LogP contribution >= 0.6 is 0 Å². The molecular formula is C16H22N2O3. The quantitative estimate of drug-likeness (QED) is 0.861. The first-order valence-electron chi connectivity index (χ1n) is 7.60. The number of nitrogens with zero attached hydrogens (tertiary/aromatic N) is 1. The molecule has 2 N–H and O–H groups in total. The topological polar surface area (TPSA) is 61.8 Å². The maximum Gasteiger partial charge on any atom is 0.238 e. The van der Waals surface area contributed by atoms with Gasteiger partial charge in [-0.2, -0.15) is 0 Å². The first kappa shape index (κ1) is 14.5. The van der Waals surface area contributed by atoms with Crippen LogP contribution in [0.25, 0.3) is 0 Å². The zero-order valence-corrected chi connectivity index (χ0v) is 12.2. The zero-order valence-electron chi connectivity index (χ0n) is 12.2. The molecule has 0 saturated carbocycles. The SMILES string of the molecule is O=C(CN1CCOCC1CO)Nc1ccc2c(c1)CCC2. The number of morpholine rings is 1. The van der Waals surface area contributed by atoms with E-state index in [2.05, 4.69) is 17.4 Å². The van der Waals surface area contributed by atoms with Crippen LogP contribution in [0.4, 0.5) is 5.69 Å². The van der Waals surface area contributed by atoms with Gasteiger partial charge in [-0.3, -0.25) is 9.69 Å². The molecule has 0 bridgehead atoms. The number of aryl methyl sites for hydroxylation is 2. The van der Waals surface area contributed by atoms with E-state index >= 15 is 0 Å². The Labute approximate surface area is 124 Å². The van der Waals surface area contributed by atoms with E-state index in [1.165, 1.54) is 17.5 Å². The van der Waals surface area contributed by atoms with Crippen LogP contribution in [0.1, 0.15) is 17.5 Å². The van der Waals surface area contributed by atoms with Gasteiger partial charge in [0.2, 0.25) is 5.91 Å². The van der Waals surface area contributed by atoms with Gasteiger partial charge in [-0.15, -0.1) is 0 Å². The van der Waals surface area contributed by atoms with Crippen molar-refractivity contribution in [2.45, 2.75) is 25.3 Å². The first-order valence-corrected chi connectivity index (χ1v) is 7.60. The molecule has 1 saturated heterocycles. The molecule has 0 spiro atoms. The molecule has 1 heterocycles. The Kier molecular flexibility index (Phi) is 4.53. The highest BCUT2D eigenvalue weighted by Crippen LogP contribution is 2.24. The molecular weight excluding hydrogens is 268 g/mol. The lowest BCUT2D eigenvalue weighted by Crippen LogP contribution is -2.50. The number of hydrogen-bond donors (Lipinski definition) is 2. The molecule has 1 atom stereocenters. The molecule has 5 nitrogen and oxygen atoms in total. The summed E-state index contributed by atoms with van der Waals surface area (Å²) in [5.74, 6) is -0.0340. The third-order valence-corrected chi connectivity index (χ3v) is 4.29. The molecule has 5 heteroatoms. The number of rotatable bonds is 4. The van der Waals surface area contributed by atoms with Crippen molar-refractivity contribution < 1.29 is 14.6 Å². The van der Waals surface area contributed by atoms with Gasteiger partial charge in [-0.1, -0.05) is 6.07 Å². The lowest BCUT2D eigenvalue weighted by atomic mass is 10.1. The van der Waals surface area contributed by atoms with Crippen molar-refractivity contribution in [2.75, 3.05) is 38.2 Å². The summed E-state index contributed by atoms with van der Waals surface area (Å²) in [6.45, 7) is 2.10. The summed E-state index contributed by atoms with van der Waals surface area (Å²) in [5.41, 5.74) is 3.63. The van der Waals surface area contributed by atoms with Gasteiger partial charge in [0.05, 0.1) is 32.4 Å². The maximum atomic E-state index is 12.2. The van der Waals surface area contributed by atoms with E-state index in [-0.39, 0.29) is 18.6 Å². The lowest BCUT2D eigenvalue weighted by molar-refractivity contribution is -0.120. The first-order chi connectivity index (χ1) is 10.3. The van der Waals surface area contributed by atoms with Crippen molar-refractivity contribution in [3.8, 4) is 0 Å². The van der Waals surface area contributed by atoms with Gasteiger partial charge < -0.3 is 15.2 Å². The number of amides is 1. The van der Waals surface area contributed by atoms with Gasteiger partial charge in [0.15, 0.2) is 0 Å². The van der Waals surface area contributed by atoms with Gasteiger partial charge in [-0.25, -0.2) is 0 Å². The fourth-order valence-electron chi connectivity index (χ4n) is 3.10. The minimum Gasteiger partial charge on any atom is -0.395 e. The standard InChI is InChI=1S/C16H22N2O3/c19-10-15-11-21-7-6-18(15)9-16(20)17-14-5-4-12-2-1-3-13(12)8-14/h4-5,8,15,19H,1-3,6-7,9-11H2,(H,17,20). The van der Waals surface area contributed by atoms with E-state index in [0.29, 0.717) is 26.3 Å². The van der Waals surface area contributed by atoms with E-state index in [1.54, 1.807) is 0 Å². The van der Waals surface area contributed by atoms with Gasteiger partial charge in [-0.05, 0) is 42.5 Å². The maximum absolute atomic E-state index is 12.2. The van der Waals surface area contributed by atoms with E-state index < -0.39 is 0 Å². The van der Waals surface area contributed by atoms with Crippen LogP contribution in [0.2, 0.25) is 0 Å². The summed E-state index contributed by atoms with van der Waals surface area (Å²) in [4.78, 5) is 14.1. The molecule has 2 aliphatic rings. The van der Waals surface area contributed by atoms with E-state index in [4.69, 9.17) is 4.74 Å². The van der Waals surface area contributed by atoms with Crippen molar-refractivity contribution in [1.82, 2.24) is 4.90 Å². The molecule has 1 fully saturated rings. The van der Waals surface area contributed by atoms with E-state index in [1.807, 2.05) is 11.0 Å². The minimum absolute atomic E-state index is 0.0200. The summed E-state index contributed by atoms with van der Waals surface area (Å²) in [5, 5.41) is 12.3. The fourth-order valence-corrected chi connectivity index (χ4v) is 3.10. The zero-order chi connectivity index (χ0) is 14.7. The molecule has 1 amide bonds. The smallest absolute Gasteiger partial charge is 0.238 e. The van der Waals surface area contributed by atoms with Crippen molar-refractivity contribution in [1.29, 1.82) is 0 Å². The van der Waals surface area contributed by atoms with Crippen molar-refractivity contribution in [2.24, 2.45) is 0 Å². The molecule has 1 aliphatic carbocycles. The lowest BCUT2D eigenvalue weighted by Gasteiger charge is -2.33.